The molecule has 0 atom stereocenters. The third-order valence-corrected chi connectivity index (χ3v) is 6.95. The first-order valence-corrected chi connectivity index (χ1v) is 12.2. The van der Waals surface area contributed by atoms with Crippen LogP contribution in [0.25, 0.3) is 27.7 Å². The molecule has 2 fully saturated rings. The van der Waals surface area contributed by atoms with Crippen molar-refractivity contribution in [1.82, 2.24) is 19.7 Å². The van der Waals surface area contributed by atoms with Gasteiger partial charge in [0.25, 0.3) is 0 Å². The molecule has 2 aliphatic rings. The van der Waals surface area contributed by atoms with Crippen LogP contribution in [0.3, 0.4) is 0 Å². The number of piperidine rings is 1. The van der Waals surface area contributed by atoms with Gasteiger partial charge >= 0.3 is 0 Å². The zero-order valence-corrected chi connectivity index (χ0v) is 20.6. The second-order valence-electron chi connectivity index (χ2n) is 9.40. The van der Waals surface area contributed by atoms with E-state index in [0.717, 1.165) is 70.6 Å². The minimum absolute atomic E-state index is 0.0531. The van der Waals surface area contributed by atoms with Crippen molar-refractivity contribution in [1.29, 1.82) is 0 Å². The number of nitrogens with two attached hydrogens (primary N) is 1. The highest BCUT2D eigenvalue weighted by Gasteiger charge is 2.26. The van der Waals surface area contributed by atoms with E-state index in [9.17, 15) is 4.79 Å². The SMILES string of the molecule is CC(=O)N1CCC(=NC2CCOCC2)/C(=C(\N)c2cccc3cc(-c4cnn(C)c4)nc(C)c23)C1. The van der Waals surface area contributed by atoms with Gasteiger partial charge in [0.2, 0.25) is 5.91 Å². The minimum atomic E-state index is 0.0531. The fourth-order valence-corrected chi connectivity index (χ4v) is 5.04. The Bertz CT molecular complexity index is 1330. The smallest absolute Gasteiger partial charge is 0.219 e. The normalized spacial score (nSPS) is 20.0. The molecular formula is C27H32N6O2. The molecule has 2 aliphatic heterocycles. The van der Waals surface area contributed by atoms with E-state index in [1.807, 2.05) is 43.4 Å². The maximum absolute atomic E-state index is 12.2. The molecule has 4 heterocycles. The van der Waals surface area contributed by atoms with Gasteiger partial charge in [0.05, 0.1) is 17.9 Å². The molecule has 8 heteroatoms. The van der Waals surface area contributed by atoms with Crippen molar-refractivity contribution in [2.75, 3.05) is 26.3 Å². The minimum Gasteiger partial charge on any atom is -0.398 e. The lowest BCUT2D eigenvalue weighted by Crippen LogP contribution is -2.40. The highest BCUT2D eigenvalue weighted by atomic mass is 16.5. The Hall–Kier alpha value is -3.52. The molecule has 1 aromatic carbocycles. The van der Waals surface area contributed by atoms with Gasteiger partial charge in [-0.1, -0.05) is 18.2 Å². The van der Waals surface area contributed by atoms with Gasteiger partial charge in [-0.25, -0.2) is 0 Å². The van der Waals surface area contributed by atoms with E-state index in [0.29, 0.717) is 25.2 Å². The van der Waals surface area contributed by atoms with Gasteiger partial charge < -0.3 is 15.4 Å². The van der Waals surface area contributed by atoms with Crippen LogP contribution < -0.4 is 5.73 Å². The summed E-state index contributed by atoms with van der Waals surface area (Å²) in [6.45, 7) is 6.24. The number of likely N-dealkylation sites (tertiary alicyclic amines) is 1. The Kier molecular flexibility index (Phi) is 6.38. The fourth-order valence-electron chi connectivity index (χ4n) is 5.04. The topological polar surface area (TPSA) is 98.6 Å². The van der Waals surface area contributed by atoms with E-state index in [2.05, 4.69) is 17.2 Å². The summed E-state index contributed by atoms with van der Waals surface area (Å²) in [4.78, 5) is 24.1. The van der Waals surface area contributed by atoms with Crippen molar-refractivity contribution in [2.45, 2.75) is 39.2 Å². The summed E-state index contributed by atoms with van der Waals surface area (Å²) >= 11 is 0. The summed E-state index contributed by atoms with van der Waals surface area (Å²) in [5.41, 5.74) is 13.2. The largest absolute Gasteiger partial charge is 0.398 e. The van der Waals surface area contributed by atoms with Crippen molar-refractivity contribution < 1.29 is 9.53 Å². The van der Waals surface area contributed by atoms with Gasteiger partial charge in [-0.2, -0.15) is 5.10 Å². The molecule has 3 aromatic rings. The first-order chi connectivity index (χ1) is 16.9. The Morgan fingerprint density at radius 1 is 1.26 bits per heavy atom. The van der Waals surface area contributed by atoms with E-state index in [4.69, 9.17) is 20.4 Å². The lowest BCUT2D eigenvalue weighted by atomic mass is 9.92. The average molecular weight is 473 g/mol. The second kappa shape index (κ2) is 9.62. The van der Waals surface area contributed by atoms with E-state index in [1.54, 1.807) is 11.6 Å². The van der Waals surface area contributed by atoms with Crippen LogP contribution in [0, 0.1) is 6.92 Å². The fraction of sp³-hybridized carbons (Fsp3) is 0.407. The zero-order valence-electron chi connectivity index (χ0n) is 20.6. The van der Waals surface area contributed by atoms with Gasteiger partial charge in [0.15, 0.2) is 0 Å². The van der Waals surface area contributed by atoms with Gasteiger partial charge in [0.1, 0.15) is 0 Å². The number of carbonyl (C=O) groups is 1. The van der Waals surface area contributed by atoms with Gasteiger partial charge in [-0.3, -0.25) is 19.5 Å². The predicted octanol–water partition coefficient (Wildman–Crippen LogP) is 3.49. The van der Waals surface area contributed by atoms with Crippen molar-refractivity contribution >= 4 is 28.1 Å². The number of aromatic nitrogens is 3. The van der Waals surface area contributed by atoms with Crippen LogP contribution in [0.1, 0.15) is 37.4 Å². The quantitative estimate of drug-likeness (QED) is 0.629. The monoisotopic (exact) mass is 472 g/mol. The van der Waals surface area contributed by atoms with Crippen LogP contribution in [0.2, 0.25) is 0 Å². The van der Waals surface area contributed by atoms with Crippen LogP contribution in [0.5, 0.6) is 0 Å². The van der Waals surface area contributed by atoms with Gasteiger partial charge in [0, 0.05) is 92.1 Å². The summed E-state index contributed by atoms with van der Waals surface area (Å²) < 4.78 is 7.29. The molecule has 8 nitrogen and oxygen atoms in total. The van der Waals surface area contributed by atoms with Crippen molar-refractivity contribution in [2.24, 2.45) is 17.8 Å². The number of fused-ring (bicyclic) bond motifs is 1. The molecule has 2 N–H and O–H groups in total. The number of benzene rings is 1. The molecular weight excluding hydrogens is 440 g/mol. The number of hydrogen-bond acceptors (Lipinski definition) is 6. The maximum atomic E-state index is 12.2. The van der Waals surface area contributed by atoms with E-state index in [1.165, 1.54) is 0 Å². The standard InChI is InChI=1S/C27H32N6O2/c1-17-26-19(13-25(30-17)20-14-29-32(3)15-20)5-4-6-22(26)27(28)23-16-33(18(2)34)10-7-24(23)31-21-8-11-35-12-9-21/h4-6,13-15,21H,7-12,16,28H2,1-3H3/b27-23-,31-24?. The Morgan fingerprint density at radius 3 is 2.77 bits per heavy atom. The number of carbonyl (C=O) groups excluding carboxylic acids is 1. The Morgan fingerprint density at radius 2 is 2.06 bits per heavy atom. The van der Waals surface area contributed by atoms with E-state index in [-0.39, 0.29) is 11.9 Å². The predicted molar refractivity (Wildman–Crippen MR) is 138 cm³/mol. The molecule has 0 bridgehead atoms. The Labute approximate surface area is 205 Å². The molecule has 1 amide bonds. The number of nitrogens with zero attached hydrogens (tertiary/aromatic N) is 5. The maximum Gasteiger partial charge on any atom is 0.219 e. The lowest BCUT2D eigenvalue weighted by molar-refractivity contribution is -0.128. The summed E-state index contributed by atoms with van der Waals surface area (Å²) in [6.07, 6.45) is 6.33. The second-order valence-corrected chi connectivity index (χ2v) is 9.40. The highest BCUT2D eigenvalue weighted by Crippen LogP contribution is 2.32. The van der Waals surface area contributed by atoms with E-state index >= 15 is 0 Å². The van der Waals surface area contributed by atoms with Crippen LogP contribution in [-0.2, 0) is 16.6 Å². The summed E-state index contributed by atoms with van der Waals surface area (Å²) in [7, 11) is 1.90. The molecule has 182 valence electrons. The molecule has 2 saturated heterocycles. The average Bonchev–Trinajstić information content (AvgIpc) is 3.30. The van der Waals surface area contributed by atoms with Crippen LogP contribution in [0.4, 0.5) is 0 Å². The summed E-state index contributed by atoms with van der Waals surface area (Å²) in [5, 5.41) is 6.38. The van der Waals surface area contributed by atoms with Gasteiger partial charge in [-0.05, 0) is 31.2 Å². The number of pyridine rings is 1. The zero-order chi connectivity index (χ0) is 24.5. The van der Waals surface area contributed by atoms with E-state index < -0.39 is 0 Å². The third-order valence-electron chi connectivity index (χ3n) is 6.95. The van der Waals surface area contributed by atoms with Crippen molar-refractivity contribution in [3.05, 3.63) is 53.5 Å². The number of ether oxygens (including phenoxy) is 1. The molecule has 0 spiro atoms. The molecule has 0 saturated carbocycles. The summed E-state index contributed by atoms with van der Waals surface area (Å²) in [5.74, 6) is 0.0531. The first kappa shape index (κ1) is 23.2. The molecule has 5 rings (SSSR count). The molecule has 0 unspecified atom stereocenters. The number of aryl methyl sites for hydroxylation is 2. The third kappa shape index (κ3) is 4.71. The molecule has 2 aromatic heterocycles. The van der Waals surface area contributed by atoms with Crippen LogP contribution in [-0.4, -0.2) is 63.6 Å². The molecule has 0 radical (unpaired) electrons. The van der Waals surface area contributed by atoms with Crippen molar-refractivity contribution in [3.63, 3.8) is 0 Å². The number of hydrogen-bond donors (Lipinski definition) is 1. The first-order valence-electron chi connectivity index (χ1n) is 12.2. The number of amides is 1. The van der Waals surface area contributed by atoms with Crippen LogP contribution in [0.15, 0.2) is 47.2 Å². The number of aliphatic imine (C=N–C) groups is 1. The Balaban J connectivity index is 1.62. The van der Waals surface area contributed by atoms with Crippen LogP contribution >= 0.6 is 0 Å². The molecule has 0 aliphatic carbocycles. The highest BCUT2D eigenvalue weighted by molar-refractivity contribution is 6.10. The van der Waals surface area contributed by atoms with Crippen molar-refractivity contribution in [3.8, 4) is 11.3 Å². The molecule has 35 heavy (non-hydrogen) atoms. The summed E-state index contributed by atoms with van der Waals surface area (Å²) in [6, 6.07) is 8.48. The number of rotatable bonds is 3. The lowest BCUT2D eigenvalue weighted by Gasteiger charge is -2.31. The van der Waals surface area contributed by atoms with Gasteiger partial charge in [-0.15, -0.1) is 0 Å².